The van der Waals surface area contributed by atoms with Gasteiger partial charge in [0.25, 0.3) is 11.8 Å². The van der Waals surface area contributed by atoms with Crippen LogP contribution in [-0.2, 0) is 15.7 Å². The lowest BCUT2D eigenvalue weighted by Gasteiger charge is -2.36. The van der Waals surface area contributed by atoms with Gasteiger partial charge >= 0.3 is 6.18 Å². The number of alkyl halides is 3. The Kier molecular flexibility index (Phi) is 6.73. The summed E-state index contributed by atoms with van der Waals surface area (Å²) in [5.74, 6) is -0.331. The van der Waals surface area contributed by atoms with Gasteiger partial charge in [-0.1, -0.05) is 5.16 Å². The molecule has 1 aromatic carbocycles. The Balaban J connectivity index is 1.15. The summed E-state index contributed by atoms with van der Waals surface area (Å²) < 4.78 is 56.8. The molecule has 4 aromatic rings. The lowest BCUT2D eigenvalue weighted by Crippen LogP contribution is -2.51. The number of ether oxygens (including phenoxy) is 2. The van der Waals surface area contributed by atoms with Crippen LogP contribution in [0.1, 0.15) is 22.5 Å². The maximum atomic E-state index is 13.3. The molecule has 15 heteroatoms. The summed E-state index contributed by atoms with van der Waals surface area (Å²) in [6.07, 6.45) is 0.520. The topological polar surface area (TPSA) is 136 Å². The zero-order valence-electron chi connectivity index (χ0n) is 21.4. The number of hydrogen-bond donors (Lipinski definition) is 1. The van der Waals surface area contributed by atoms with Crippen LogP contribution in [0.5, 0.6) is 17.4 Å². The van der Waals surface area contributed by atoms with Gasteiger partial charge in [0.15, 0.2) is 5.69 Å². The van der Waals surface area contributed by atoms with Crippen LogP contribution in [0.25, 0.3) is 16.9 Å². The first kappa shape index (κ1) is 26.6. The number of benzene rings is 1. The first-order valence-corrected chi connectivity index (χ1v) is 12.7. The molecule has 6 rings (SSSR count). The Morgan fingerprint density at radius 1 is 1.10 bits per heavy atom. The molecule has 2 amide bonds. The Bertz CT molecular complexity index is 1610. The Labute approximate surface area is 229 Å². The van der Waals surface area contributed by atoms with Crippen molar-refractivity contribution < 1.29 is 41.9 Å². The van der Waals surface area contributed by atoms with Crippen molar-refractivity contribution in [3.8, 4) is 28.6 Å². The van der Waals surface area contributed by atoms with E-state index in [4.69, 9.17) is 9.47 Å². The van der Waals surface area contributed by atoms with Crippen molar-refractivity contribution >= 4 is 17.5 Å². The minimum atomic E-state index is -4.73. The summed E-state index contributed by atoms with van der Waals surface area (Å²) in [6.45, 7) is 2.68. The van der Waals surface area contributed by atoms with Crippen LogP contribution in [0.4, 0.5) is 13.2 Å². The fourth-order valence-electron chi connectivity index (χ4n) is 4.76. The third-order valence-electron chi connectivity index (χ3n) is 7.01. The van der Waals surface area contributed by atoms with Gasteiger partial charge in [0, 0.05) is 57.0 Å². The van der Waals surface area contributed by atoms with Crippen LogP contribution in [-0.4, -0.2) is 85.6 Å². The fraction of sp³-hybridized carbons (Fsp3) is 0.346. The van der Waals surface area contributed by atoms with Gasteiger partial charge in [-0.15, -0.1) is 0 Å². The summed E-state index contributed by atoms with van der Waals surface area (Å²) >= 11 is 0. The molecule has 2 fully saturated rings. The number of fused-ring (bicyclic) bond motifs is 1. The van der Waals surface area contributed by atoms with Gasteiger partial charge in [-0.2, -0.15) is 13.2 Å². The second kappa shape index (κ2) is 10.4. The number of halogens is 3. The van der Waals surface area contributed by atoms with Gasteiger partial charge in [0.05, 0.1) is 36.2 Å². The highest BCUT2D eigenvalue weighted by atomic mass is 19.4. The summed E-state index contributed by atoms with van der Waals surface area (Å²) in [5.41, 5.74) is -1.27. The molecule has 1 N–H and O–H groups in total. The highest BCUT2D eigenvalue weighted by Crippen LogP contribution is 2.37. The van der Waals surface area contributed by atoms with Gasteiger partial charge in [-0.25, -0.2) is 9.97 Å². The largest absolute Gasteiger partial charge is 0.507 e. The molecule has 214 valence electrons. The molecule has 0 bridgehead atoms. The van der Waals surface area contributed by atoms with E-state index in [1.807, 2.05) is 0 Å². The van der Waals surface area contributed by atoms with E-state index in [1.54, 1.807) is 9.80 Å². The zero-order valence-corrected chi connectivity index (χ0v) is 21.4. The number of hydrogen-bond acceptors (Lipinski definition) is 9. The Morgan fingerprint density at radius 3 is 2.54 bits per heavy atom. The summed E-state index contributed by atoms with van der Waals surface area (Å²) in [6, 6.07) is 4.11. The molecular formula is C26H23F3N6O6. The number of phenolic OH excluding ortho intramolecular Hbond substituents is 1. The maximum Gasteiger partial charge on any atom is 0.437 e. The summed E-state index contributed by atoms with van der Waals surface area (Å²) in [4.78, 5) is 37.1. The molecule has 0 unspecified atom stereocenters. The van der Waals surface area contributed by atoms with Crippen molar-refractivity contribution in [3.63, 3.8) is 0 Å². The van der Waals surface area contributed by atoms with Crippen molar-refractivity contribution in [2.24, 2.45) is 5.92 Å². The van der Waals surface area contributed by atoms with Gasteiger partial charge in [-0.05, 0) is 12.1 Å². The quantitative estimate of drug-likeness (QED) is 0.369. The number of aromatic hydroxyl groups is 1. The van der Waals surface area contributed by atoms with Crippen molar-refractivity contribution in [1.82, 2.24) is 29.3 Å². The van der Waals surface area contributed by atoms with Crippen LogP contribution in [0, 0.1) is 5.92 Å². The molecular weight excluding hydrogens is 549 g/mol. The first-order valence-electron chi connectivity index (χ1n) is 12.7. The SMILES string of the molecule is O=C(CC1COC1)N1CCN(C(=O)c2ccc(Oc3nccn4c(-c5conc5C(F)(F)F)cnc34)cc2O)CC1. The second-order valence-electron chi connectivity index (χ2n) is 9.71. The highest BCUT2D eigenvalue weighted by Gasteiger charge is 2.39. The number of carbonyl (C=O) groups excluding carboxylic acids is 2. The van der Waals surface area contributed by atoms with Gasteiger partial charge in [0.2, 0.25) is 11.6 Å². The molecule has 2 aliphatic heterocycles. The molecule has 0 radical (unpaired) electrons. The molecule has 0 atom stereocenters. The summed E-state index contributed by atoms with van der Waals surface area (Å²) in [5, 5.41) is 13.7. The molecule has 0 aliphatic carbocycles. The minimum Gasteiger partial charge on any atom is -0.507 e. The summed E-state index contributed by atoms with van der Waals surface area (Å²) in [7, 11) is 0. The highest BCUT2D eigenvalue weighted by molar-refractivity contribution is 5.97. The number of phenols is 1. The molecule has 5 heterocycles. The van der Waals surface area contributed by atoms with Crippen LogP contribution in [0.2, 0.25) is 0 Å². The number of carbonyl (C=O) groups is 2. The second-order valence-corrected chi connectivity index (χ2v) is 9.71. The maximum absolute atomic E-state index is 13.3. The number of rotatable bonds is 6. The Hall–Kier alpha value is -4.66. The zero-order chi connectivity index (χ0) is 28.7. The van der Waals surface area contributed by atoms with Crippen LogP contribution in [0.3, 0.4) is 0 Å². The van der Waals surface area contributed by atoms with Gasteiger partial charge < -0.3 is 28.9 Å². The normalized spacial score (nSPS) is 16.2. The van der Waals surface area contributed by atoms with E-state index in [-0.39, 0.29) is 57.6 Å². The standard InChI is InChI=1S/C26H23F3N6O6/c27-26(28,29)22-18(14-40-32-22)19-11-31-23-24(30-3-4-35(19)23)41-16-1-2-17(20(36)10-16)25(38)34-7-5-33(6-8-34)21(37)9-15-12-39-13-15/h1-4,10-11,14-15,36H,5-9,12-13H2. The van der Waals surface area contributed by atoms with E-state index in [9.17, 15) is 27.9 Å². The molecule has 12 nitrogen and oxygen atoms in total. The smallest absolute Gasteiger partial charge is 0.437 e. The van der Waals surface area contributed by atoms with Gasteiger partial charge in [0.1, 0.15) is 17.8 Å². The lowest BCUT2D eigenvalue weighted by atomic mass is 10.0. The van der Waals surface area contributed by atoms with E-state index in [0.29, 0.717) is 45.8 Å². The third-order valence-corrected chi connectivity index (χ3v) is 7.01. The van der Waals surface area contributed by atoms with E-state index < -0.39 is 11.9 Å². The first-order chi connectivity index (χ1) is 19.7. The van der Waals surface area contributed by atoms with Crippen molar-refractivity contribution in [2.45, 2.75) is 12.6 Å². The molecule has 3 aromatic heterocycles. The Morgan fingerprint density at radius 2 is 1.85 bits per heavy atom. The average molecular weight is 573 g/mol. The molecule has 0 spiro atoms. The third kappa shape index (κ3) is 5.15. The number of imidazole rings is 1. The van der Waals surface area contributed by atoms with Crippen molar-refractivity contribution in [1.29, 1.82) is 0 Å². The predicted molar refractivity (Wildman–Crippen MR) is 133 cm³/mol. The van der Waals surface area contributed by atoms with Crippen molar-refractivity contribution in [3.05, 3.63) is 54.3 Å². The van der Waals surface area contributed by atoms with Crippen molar-refractivity contribution in [2.75, 3.05) is 39.4 Å². The van der Waals surface area contributed by atoms with E-state index in [1.165, 1.54) is 41.2 Å². The molecule has 0 saturated carbocycles. The monoisotopic (exact) mass is 572 g/mol. The minimum absolute atomic E-state index is 0.0449. The molecule has 41 heavy (non-hydrogen) atoms. The van der Waals surface area contributed by atoms with Crippen LogP contribution >= 0.6 is 0 Å². The van der Waals surface area contributed by atoms with Crippen LogP contribution in [0.15, 0.2) is 47.6 Å². The predicted octanol–water partition coefficient (Wildman–Crippen LogP) is 3.22. The van der Waals surface area contributed by atoms with Gasteiger partial charge in [-0.3, -0.25) is 14.0 Å². The fourth-order valence-corrected chi connectivity index (χ4v) is 4.76. The number of aromatic nitrogens is 4. The number of nitrogens with zero attached hydrogens (tertiary/aromatic N) is 6. The average Bonchev–Trinajstić information content (AvgIpc) is 3.58. The van der Waals surface area contributed by atoms with Crippen LogP contribution < -0.4 is 4.74 Å². The molecule has 2 saturated heterocycles. The van der Waals surface area contributed by atoms with E-state index in [2.05, 4.69) is 19.6 Å². The van der Waals surface area contributed by atoms with E-state index in [0.717, 1.165) is 6.26 Å². The lowest BCUT2D eigenvalue weighted by molar-refractivity contribution is -0.142. The number of amides is 2. The van der Waals surface area contributed by atoms with E-state index >= 15 is 0 Å². The number of piperazine rings is 1. The molecule has 2 aliphatic rings.